The number of aromatic nitrogens is 3. The fourth-order valence-electron chi connectivity index (χ4n) is 1.83. The first-order chi connectivity index (χ1) is 10.2. The molecule has 1 aromatic heterocycles. The predicted molar refractivity (Wildman–Crippen MR) is 79.7 cm³/mol. The lowest BCUT2D eigenvalue weighted by molar-refractivity contribution is 0.174. The average Bonchev–Trinajstić information content (AvgIpc) is 2.96. The van der Waals surface area contributed by atoms with Gasteiger partial charge in [0.25, 0.3) is 5.56 Å². The maximum atomic E-state index is 12.0. The summed E-state index contributed by atoms with van der Waals surface area (Å²) < 4.78 is 11.5. The molecule has 1 aromatic carbocycles. The van der Waals surface area contributed by atoms with Crippen molar-refractivity contribution in [1.82, 2.24) is 14.9 Å². The zero-order valence-electron chi connectivity index (χ0n) is 11.1. The van der Waals surface area contributed by atoms with Crippen LogP contribution < -0.4 is 20.9 Å². The Bertz CT molecular complexity index is 772. The third-order valence-corrected chi connectivity index (χ3v) is 3.54. The van der Waals surface area contributed by atoms with E-state index in [-0.39, 0.29) is 12.5 Å². The Balaban J connectivity index is 1.90. The minimum Gasteiger partial charge on any atom is -0.454 e. The van der Waals surface area contributed by atoms with E-state index in [9.17, 15) is 4.79 Å². The van der Waals surface area contributed by atoms with Crippen LogP contribution in [0.3, 0.4) is 0 Å². The topological polar surface area (TPSA) is 92.3 Å². The van der Waals surface area contributed by atoms with Gasteiger partial charge in [-0.3, -0.25) is 4.79 Å². The third kappa shape index (κ3) is 2.57. The van der Waals surface area contributed by atoms with Crippen LogP contribution in [0, 0.1) is 0 Å². The zero-order chi connectivity index (χ0) is 14.8. The van der Waals surface area contributed by atoms with Crippen LogP contribution in [0.1, 0.15) is 11.3 Å². The molecular weight excluding hydrogens is 292 g/mol. The molecule has 1 aliphatic heterocycles. The van der Waals surface area contributed by atoms with Crippen LogP contribution in [-0.4, -0.2) is 27.9 Å². The number of benzene rings is 1. The van der Waals surface area contributed by atoms with Crippen molar-refractivity contribution in [3.63, 3.8) is 0 Å². The molecule has 21 heavy (non-hydrogen) atoms. The number of fused-ring (bicyclic) bond motifs is 1. The van der Waals surface area contributed by atoms with E-state index in [1.807, 2.05) is 18.2 Å². The first-order valence-corrected chi connectivity index (χ1v) is 7.28. The highest BCUT2D eigenvalue weighted by atomic mass is 32.2. The fraction of sp³-hybridized carbons (Fsp3) is 0.154. The van der Waals surface area contributed by atoms with Crippen LogP contribution in [0.15, 0.2) is 28.2 Å². The summed E-state index contributed by atoms with van der Waals surface area (Å²) in [6.45, 7) is 0.224. The summed E-state index contributed by atoms with van der Waals surface area (Å²) >= 11 is 1.26. The van der Waals surface area contributed by atoms with Gasteiger partial charge < -0.3 is 15.3 Å². The van der Waals surface area contributed by atoms with Gasteiger partial charge in [-0.25, -0.2) is 0 Å². The van der Waals surface area contributed by atoms with Gasteiger partial charge >= 0.3 is 0 Å². The Morgan fingerprint density at radius 3 is 2.90 bits per heavy atom. The molecule has 0 spiro atoms. The summed E-state index contributed by atoms with van der Waals surface area (Å²) in [6.07, 6.45) is 5.08. The van der Waals surface area contributed by atoms with Crippen molar-refractivity contribution in [2.45, 2.75) is 5.16 Å². The Hall–Kier alpha value is -2.48. The average molecular weight is 304 g/mol. The van der Waals surface area contributed by atoms with Crippen LogP contribution in [0.4, 0.5) is 0 Å². The van der Waals surface area contributed by atoms with Crippen molar-refractivity contribution in [2.24, 2.45) is 0 Å². The molecule has 0 bridgehead atoms. The van der Waals surface area contributed by atoms with Crippen molar-refractivity contribution >= 4 is 23.9 Å². The minimum absolute atomic E-state index is 0.174. The highest BCUT2D eigenvalue weighted by Gasteiger charge is 2.12. The van der Waals surface area contributed by atoms with Gasteiger partial charge in [0, 0.05) is 0 Å². The predicted octanol–water partition coefficient (Wildman–Crippen LogP) is 0.973. The number of thioether (sulfide) groups is 1. The summed E-state index contributed by atoms with van der Waals surface area (Å²) in [7, 11) is 0. The molecular formula is C13H12N4O3S. The lowest BCUT2D eigenvalue weighted by atomic mass is 10.2. The molecule has 1 aliphatic rings. The van der Waals surface area contributed by atoms with Gasteiger partial charge in [0.15, 0.2) is 17.2 Å². The molecule has 0 saturated heterocycles. The molecule has 0 aliphatic carbocycles. The van der Waals surface area contributed by atoms with E-state index in [0.29, 0.717) is 16.7 Å². The van der Waals surface area contributed by atoms with E-state index < -0.39 is 5.56 Å². The van der Waals surface area contributed by atoms with Crippen molar-refractivity contribution in [2.75, 3.05) is 18.9 Å². The largest absolute Gasteiger partial charge is 0.454 e. The van der Waals surface area contributed by atoms with Crippen molar-refractivity contribution in [1.29, 1.82) is 0 Å². The number of hydrogen-bond acceptors (Lipinski definition) is 7. The number of nitrogens with two attached hydrogens (primary N) is 1. The highest BCUT2D eigenvalue weighted by Crippen LogP contribution is 2.32. The molecule has 0 radical (unpaired) electrons. The fourth-order valence-corrected chi connectivity index (χ4v) is 2.24. The molecule has 0 unspecified atom stereocenters. The van der Waals surface area contributed by atoms with Gasteiger partial charge in [-0.15, -0.1) is 10.2 Å². The van der Waals surface area contributed by atoms with Crippen LogP contribution >= 0.6 is 11.8 Å². The van der Waals surface area contributed by atoms with E-state index in [1.54, 1.807) is 18.4 Å². The van der Waals surface area contributed by atoms with Gasteiger partial charge in [0.1, 0.15) is 0 Å². The second-order valence-electron chi connectivity index (χ2n) is 4.19. The molecule has 0 amide bonds. The van der Waals surface area contributed by atoms with E-state index in [4.69, 9.17) is 15.3 Å². The normalized spacial score (nSPS) is 13.0. The SMILES string of the molecule is CSc1nnc(C=Cc2ccc3c(c2)OCO3)c(=O)n1N. The van der Waals surface area contributed by atoms with Crippen LogP contribution in [0.2, 0.25) is 0 Å². The van der Waals surface area contributed by atoms with Gasteiger partial charge in [-0.05, 0) is 30.0 Å². The maximum absolute atomic E-state index is 12.0. The van der Waals surface area contributed by atoms with Crippen LogP contribution in [-0.2, 0) is 0 Å². The molecule has 0 fully saturated rings. The molecule has 7 nitrogen and oxygen atoms in total. The van der Waals surface area contributed by atoms with E-state index in [1.165, 1.54) is 11.8 Å². The van der Waals surface area contributed by atoms with Gasteiger partial charge in [-0.2, -0.15) is 4.68 Å². The van der Waals surface area contributed by atoms with Crippen molar-refractivity contribution in [3.05, 3.63) is 39.8 Å². The van der Waals surface area contributed by atoms with Crippen molar-refractivity contribution < 1.29 is 9.47 Å². The molecule has 108 valence electrons. The maximum Gasteiger partial charge on any atom is 0.298 e. The van der Waals surface area contributed by atoms with Gasteiger partial charge in [0.2, 0.25) is 11.9 Å². The Labute approximate surface area is 124 Å². The van der Waals surface area contributed by atoms with Crippen molar-refractivity contribution in [3.8, 4) is 11.5 Å². The smallest absolute Gasteiger partial charge is 0.298 e. The monoisotopic (exact) mass is 304 g/mol. The quantitative estimate of drug-likeness (QED) is 0.667. The molecule has 0 atom stereocenters. The number of rotatable bonds is 3. The molecule has 2 aromatic rings. The molecule has 2 N–H and O–H groups in total. The van der Waals surface area contributed by atoms with Gasteiger partial charge in [-0.1, -0.05) is 23.9 Å². The number of nitrogens with zero attached hydrogens (tertiary/aromatic N) is 3. The Morgan fingerprint density at radius 2 is 2.10 bits per heavy atom. The summed E-state index contributed by atoms with van der Waals surface area (Å²) in [4.78, 5) is 12.0. The lowest BCUT2D eigenvalue weighted by Gasteiger charge is -2.02. The first kappa shape index (κ1) is 13.5. The Kier molecular flexibility index (Phi) is 3.53. The summed E-state index contributed by atoms with van der Waals surface area (Å²) in [5.74, 6) is 7.03. The zero-order valence-corrected chi connectivity index (χ0v) is 12.0. The second kappa shape index (κ2) is 5.49. The number of nitrogen functional groups attached to an aromatic ring is 1. The van der Waals surface area contributed by atoms with Gasteiger partial charge in [0.05, 0.1) is 0 Å². The highest BCUT2D eigenvalue weighted by molar-refractivity contribution is 7.98. The standard InChI is InChI=1S/C13H12N4O3S/c1-21-13-16-15-9(12(18)17(13)14)4-2-8-3-5-10-11(6-8)20-7-19-10/h2-6H,7,14H2,1H3. The number of hydrogen-bond donors (Lipinski definition) is 1. The summed E-state index contributed by atoms with van der Waals surface area (Å²) in [6, 6.07) is 5.49. The third-order valence-electron chi connectivity index (χ3n) is 2.90. The minimum atomic E-state index is -0.397. The van der Waals surface area contributed by atoms with E-state index in [2.05, 4.69) is 10.2 Å². The summed E-state index contributed by atoms with van der Waals surface area (Å²) in [5.41, 5.74) is 0.636. The van der Waals surface area contributed by atoms with Crippen LogP contribution in [0.5, 0.6) is 11.5 Å². The van der Waals surface area contributed by atoms with E-state index >= 15 is 0 Å². The molecule has 0 saturated carbocycles. The Morgan fingerprint density at radius 1 is 1.29 bits per heavy atom. The molecule has 3 rings (SSSR count). The van der Waals surface area contributed by atoms with Crippen LogP contribution in [0.25, 0.3) is 12.2 Å². The number of ether oxygens (including phenoxy) is 2. The second-order valence-corrected chi connectivity index (χ2v) is 4.97. The molecule has 2 heterocycles. The first-order valence-electron chi connectivity index (χ1n) is 6.05. The lowest BCUT2D eigenvalue weighted by Crippen LogP contribution is -2.32. The summed E-state index contributed by atoms with van der Waals surface area (Å²) in [5, 5.41) is 8.11. The van der Waals surface area contributed by atoms with E-state index in [0.717, 1.165) is 10.2 Å². The molecule has 8 heteroatoms.